The highest BCUT2D eigenvalue weighted by molar-refractivity contribution is 8.00. The van der Waals surface area contributed by atoms with Crippen LogP contribution < -0.4 is 14.4 Å². The first-order chi connectivity index (χ1) is 15.2. The van der Waals surface area contributed by atoms with E-state index in [4.69, 9.17) is 9.47 Å². The summed E-state index contributed by atoms with van der Waals surface area (Å²) in [6.07, 6.45) is 2.79. The van der Waals surface area contributed by atoms with E-state index >= 15 is 0 Å². The number of hydrogen-bond donors (Lipinski definition) is 0. The first kappa shape index (κ1) is 20.0. The van der Waals surface area contributed by atoms with Crippen LogP contribution in [0, 0.1) is 0 Å². The fraction of sp³-hybridized carbons (Fsp3) is 0.333. The molecule has 0 saturated heterocycles. The summed E-state index contributed by atoms with van der Waals surface area (Å²) in [5, 5.41) is 0.618. The number of imidazole rings is 1. The number of fused-ring (bicyclic) bond motifs is 2. The second-order valence-electron chi connectivity index (χ2n) is 7.66. The number of rotatable bonds is 5. The lowest BCUT2D eigenvalue weighted by molar-refractivity contribution is -0.117. The van der Waals surface area contributed by atoms with Gasteiger partial charge in [-0.1, -0.05) is 30.0 Å². The number of para-hydroxylation sites is 1. The molecule has 0 bridgehead atoms. The largest absolute Gasteiger partial charge is 0.486 e. The lowest BCUT2D eigenvalue weighted by Gasteiger charge is -2.21. The number of ether oxygens (including phenoxy) is 2. The smallest absolute Gasteiger partial charge is 0.240 e. The first-order valence-electron chi connectivity index (χ1n) is 10.7. The number of anilines is 1. The molecule has 2 aliphatic heterocycles. The SMILES string of the molecule is CCn1c(-c2ccc3c(c2)OCCO3)cnc1SC(C)C(=O)N1CCc2ccccc21. The van der Waals surface area contributed by atoms with E-state index in [2.05, 4.69) is 22.5 Å². The molecular formula is C24H25N3O3S. The molecule has 1 amide bonds. The summed E-state index contributed by atoms with van der Waals surface area (Å²) in [6.45, 7) is 6.70. The third-order valence-corrected chi connectivity index (χ3v) is 6.85. The maximum atomic E-state index is 13.2. The molecule has 1 unspecified atom stereocenters. The molecule has 7 heteroatoms. The van der Waals surface area contributed by atoms with Gasteiger partial charge in [0.25, 0.3) is 0 Å². The summed E-state index contributed by atoms with van der Waals surface area (Å²) in [5.74, 6) is 1.66. The van der Waals surface area contributed by atoms with Crippen LogP contribution in [0.5, 0.6) is 11.5 Å². The van der Waals surface area contributed by atoms with Crippen LogP contribution in [-0.4, -0.2) is 40.5 Å². The average molecular weight is 436 g/mol. The van der Waals surface area contributed by atoms with Gasteiger partial charge in [-0.05, 0) is 50.1 Å². The Morgan fingerprint density at radius 3 is 2.81 bits per heavy atom. The van der Waals surface area contributed by atoms with Gasteiger partial charge in [-0.25, -0.2) is 4.98 Å². The highest BCUT2D eigenvalue weighted by atomic mass is 32.2. The number of thioether (sulfide) groups is 1. The Morgan fingerprint density at radius 2 is 1.97 bits per heavy atom. The van der Waals surface area contributed by atoms with Crippen LogP contribution in [-0.2, 0) is 17.8 Å². The molecule has 0 N–H and O–H groups in total. The van der Waals surface area contributed by atoms with Gasteiger partial charge in [0.15, 0.2) is 16.7 Å². The van der Waals surface area contributed by atoms with E-state index in [9.17, 15) is 4.79 Å². The normalized spacial score (nSPS) is 15.6. The van der Waals surface area contributed by atoms with Crippen LogP contribution in [0.3, 0.4) is 0 Å². The molecular weight excluding hydrogens is 410 g/mol. The molecule has 1 aromatic heterocycles. The molecule has 6 nitrogen and oxygen atoms in total. The number of nitrogens with zero attached hydrogens (tertiary/aromatic N) is 3. The van der Waals surface area contributed by atoms with E-state index in [1.807, 2.05) is 54.4 Å². The lowest BCUT2D eigenvalue weighted by atomic mass is 10.1. The van der Waals surface area contributed by atoms with Crippen molar-refractivity contribution >= 4 is 23.4 Å². The predicted octanol–water partition coefficient (Wildman–Crippen LogP) is 4.41. The van der Waals surface area contributed by atoms with Crippen molar-refractivity contribution in [3.8, 4) is 22.8 Å². The van der Waals surface area contributed by atoms with Crippen LogP contribution >= 0.6 is 11.8 Å². The molecule has 0 saturated carbocycles. The summed E-state index contributed by atoms with van der Waals surface area (Å²) < 4.78 is 13.5. The Balaban J connectivity index is 1.37. The van der Waals surface area contributed by atoms with Gasteiger partial charge in [-0.3, -0.25) is 4.79 Å². The zero-order valence-corrected chi connectivity index (χ0v) is 18.5. The Hall–Kier alpha value is -2.93. The molecule has 3 heterocycles. The predicted molar refractivity (Wildman–Crippen MR) is 122 cm³/mol. The Kier molecular flexibility index (Phi) is 5.36. The van der Waals surface area contributed by atoms with Gasteiger partial charge in [-0.2, -0.15) is 0 Å². The van der Waals surface area contributed by atoms with Crippen molar-refractivity contribution in [1.82, 2.24) is 9.55 Å². The van der Waals surface area contributed by atoms with Gasteiger partial charge >= 0.3 is 0 Å². The minimum Gasteiger partial charge on any atom is -0.486 e. The van der Waals surface area contributed by atoms with Crippen LogP contribution in [0.4, 0.5) is 5.69 Å². The number of carbonyl (C=O) groups excluding carboxylic acids is 1. The standard InChI is InChI=1S/C24H25N3O3S/c1-3-26-20(18-8-9-21-22(14-18)30-13-12-29-21)15-25-24(26)31-16(2)23(28)27-11-10-17-6-4-5-7-19(17)27/h4-9,14-16H,3,10-13H2,1-2H3. The molecule has 5 rings (SSSR count). The molecule has 31 heavy (non-hydrogen) atoms. The van der Waals surface area contributed by atoms with Crippen LogP contribution in [0.25, 0.3) is 11.3 Å². The van der Waals surface area contributed by atoms with Gasteiger partial charge < -0.3 is 18.9 Å². The summed E-state index contributed by atoms with van der Waals surface area (Å²) in [6, 6.07) is 14.1. The number of benzene rings is 2. The molecule has 1 atom stereocenters. The molecule has 0 radical (unpaired) electrons. The maximum absolute atomic E-state index is 13.2. The first-order valence-corrected chi connectivity index (χ1v) is 11.5. The van der Waals surface area contributed by atoms with E-state index in [-0.39, 0.29) is 11.2 Å². The van der Waals surface area contributed by atoms with Gasteiger partial charge in [0.2, 0.25) is 5.91 Å². The number of amides is 1. The quantitative estimate of drug-likeness (QED) is 0.556. The monoisotopic (exact) mass is 435 g/mol. The summed E-state index contributed by atoms with van der Waals surface area (Å²) in [7, 11) is 0. The Morgan fingerprint density at radius 1 is 1.16 bits per heavy atom. The van der Waals surface area contributed by atoms with Crippen LogP contribution in [0.2, 0.25) is 0 Å². The second-order valence-corrected chi connectivity index (χ2v) is 8.97. The van der Waals surface area contributed by atoms with Crippen molar-refractivity contribution in [1.29, 1.82) is 0 Å². The van der Waals surface area contributed by atoms with Crippen molar-refractivity contribution < 1.29 is 14.3 Å². The zero-order chi connectivity index (χ0) is 21.4. The molecule has 2 aliphatic rings. The van der Waals surface area contributed by atoms with Crippen LogP contribution in [0.1, 0.15) is 19.4 Å². The lowest BCUT2D eigenvalue weighted by Crippen LogP contribution is -2.35. The van der Waals surface area contributed by atoms with Crippen molar-refractivity contribution in [2.75, 3.05) is 24.7 Å². The third-order valence-electron chi connectivity index (χ3n) is 5.76. The van der Waals surface area contributed by atoms with E-state index in [0.29, 0.717) is 13.2 Å². The van der Waals surface area contributed by atoms with Crippen molar-refractivity contribution in [2.45, 2.75) is 37.2 Å². The highest BCUT2D eigenvalue weighted by Gasteiger charge is 2.29. The molecule has 0 fully saturated rings. The molecule has 0 spiro atoms. The third kappa shape index (κ3) is 3.67. The fourth-order valence-electron chi connectivity index (χ4n) is 4.19. The summed E-state index contributed by atoms with van der Waals surface area (Å²) in [4.78, 5) is 19.7. The van der Waals surface area contributed by atoms with E-state index < -0.39 is 0 Å². The van der Waals surface area contributed by atoms with Crippen LogP contribution in [0.15, 0.2) is 53.8 Å². The molecule has 2 aromatic carbocycles. The van der Waals surface area contributed by atoms with E-state index in [1.165, 1.54) is 17.3 Å². The number of aromatic nitrogens is 2. The highest BCUT2D eigenvalue weighted by Crippen LogP contribution is 2.37. The number of carbonyl (C=O) groups is 1. The van der Waals surface area contributed by atoms with Gasteiger partial charge in [0, 0.05) is 24.3 Å². The second kappa shape index (κ2) is 8.30. The average Bonchev–Trinajstić information content (AvgIpc) is 3.42. The Labute approximate surface area is 186 Å². The minimum atomic E-state index is -0.230. The minimum absolute atomic E-state index is 0.126. The van der Waals surface area contributed by atoms with Crippen molar-refractivity contribution in [3.63, 3.8) is 0 Å². The van der Waals surface area contributed by atoms with Crippen molar-refractivity contribution in [2.24, 2.45) is 0 Å². The zero-order valence-electron chi connectivity index (χ0n) is 17.7. The topological polar surface area (TPSA) is 56.6 Å². The van der Waals surface area contributed by atoms with Crippen molar-refractivity contribution in [3.05, 3.63) is 54.2 Å². The van der Waals surface area contributed by atoms with Gasteiger partial charge in [-0.15, -0.1) is 0 Å². The maximum Gasteiger partial charge on any atom is 0.240 e. The Bertz CT molecular complexity index is 1130. The van der Waals surface area contributed by atoms with Gasteiger partial charge in [0.05, 0.1) is 17.1 Å². The van der Waals surface area contributed by atoms with E-state index in [1.54, 1.807) is 0 Å². The number of hydrogen-bond acceptors (Lipinski definition) is 5. The summed E-state index contributed by atoms with van der Waals surface area (Å²) in [5.41, 5.74) is 4.31. The fourth-order valence-corrected chi connectivity index (χ4v) is 5.20. The molecule has 0 aliphatic carbocycles. The molecule has 3 aromatic rings. The summed E-state index contributed by atoms with van der Waals surface area (Å²) >= 11 is 1.51. The van der Waals surface area contributed by atoms with Gasteiger partial charge in [0.1, 0.15) is 13.2 Å². The van der Waals surface area contributed by atoms with E-state index in [0.717, 1.165) is 53.1 Å². The molecule has 160 valence electrons.